The number of fused-ring (bicyclic) bond motifs is 15. The van der Waals surface area contributed by atoms with E-state index in [4.69, 9.17) is 0 Å². The van der Waals surface area contributed by atoms with Gasteiger partial charge in [-0.25, -0.2) is 0 Å². The van der Waals surface area contributed by atoms with E-state index < -0.39 is 0 Å². The lowest BCUT2D eigenvalue weighted by atomic mass is 9.69. The smallest absolute Gasteiger partial charge is 0.0561 e. The molecule has 1 aromatic heterocycles. The second-order valence-electron chi connectivity index (χ2n) is 18.7. The van der Waals surface area contributed by atoms with E-state index in [9.17, 15) is 0 Å². The van der Waals surface area contributed by atoms with Crippen LogP contribution >= 0.6 is 0 Å². The van der Waals surface area contributed by atoms with E-state index in [2.05, 4.69) is 241 Å². The summed E-state index contributed by atoms with van der Waals surface area (Å²) in [4.78, 5) is 5.03. The molecule has 304 valence electrons. The molecule has 0 bridgehead atoms. The Morgan fingerprint density at radius 2 is 0.831 bits per heavy atom. The molecule has 65 heavy (non-hydrogen) atoms. The minimum absolute atomic E-state index is 0.258. The van der Waals surface area contributed by atoms with E-state index in [1.807, 2.05) is 0 Å². The van der Waals surface area contributed by atoms with Gasteiger partial charge in [-0.05, 0) is 153 Å². The van der Waals surface area contributed by atoms with Crippen LogP contribution in [0.2, 0.25) is 0 Å². The van der Waals surface area contributed by atoms with Crippen LogP contribution in [0.25, 0.3) is 60.5 Å². The maximum atomic E-state index is 2.52. The quantitative estimate of drug-likeness (QED) is 0.176. The fraction of sp³-hybridized carbons (Fsp3) is 0.0645. The molecule has 3 nitrogen and oxygen atoms in total. The van der Waals surface area contributed by atoms with Gasteiger partial charge in [-0.1, -0.05) is 140 Å². The summed E-state index contributed by atoms with van der Waals surface area (Å²) in [5.74, 6) is 0. The van der Waals surface area contributed by atoms with Gasteiger partial charge in [0.1, 0.15) is 0 Å². The van der Waals surface area contributed by atoms with Crippen molar-refractivity contribution in [3.05, 3.63) is 246 Å². The summed E-state index contributed by atoms with van der Waals surface area (Å²) in [6, 6.07) is 79.7. The van der Waals surface area contributed by atoms with Gasteiger partial charge in [0, 0.05) is 38.7 Å². The van der Waals surface area contributed by atoms with Crippen LogP contribution in [0.3, 0.4) is 0 Å². The Balaban J connectivity index is 1.02. The minimum Gasteiger partial charge on any atom is -0.310 e. The molecule has 2 atom stereocenters. The Morgan fingerprint density at radius 3 is 1.54 bits per heavy atom. The molecule has 0 radical (unpaired) electrons. The molecule has 2 aliphatic carbocycles. The first kappa shape index (κ1) is 35.3. The summed E-state index contributed by atoms with van der Waals surface area (Å²) in [6.45, 7) is 4.91. The second kappa shape index (κ2) is 12.3. The monoisotopic (exact) mass is 827 g/mol. The highest BCUT2D eigenvalue weighted by Crippen LogP contribution is 2.65. The van der Waals surface area contributed by atoms with Crippen molar-refractivity contribution in [3.8, 4) is 27.9 Å². The zero-order valence-corrected chi connectivity index (χ0v) is 36.0. The number of hydrogen-bond acceptors (Lipinski definition) is 2. The van der Waals surface area contributed by atoms with E-state index in [-0.39, 0.29) is 10.8 Å². The number of nitrogens with zero attached hydrogens (tertiary/aromatic N) is 3. The molecule has 0 N–H and O–H groups in total. The summed E-state index contributed by atoms with van der Waals surface area (Å²) in [5.41, 5.74) is 23.7. The highest BCUT2D eigenvalue weighted by atomic mass is 15.2. The van der Waals surface area contributed by atoms with Crippen molar-refractivity contribution in [2.24, 2.45) is 0 Å². The Morgan fingerprint density at radius 1 is 0.308 bits per heavy atom. The number of para-hydroxylation sites is 3. The van der Waals surface area contributed by atoms with Crippen molar-refractivity contribution < 1.29 is 0 Å². The van der Waals surface area contributed by atoms with Crippen LogP contribution in [-0.4, -0.2) is 4.57 Å². The number of aromatic nitrogens is 1. The zero-order chi connectivity index (χ0) is 42.8. The van der Waals surface area contributed by atoms with Gasteiger partial charge in [-0.15, -0.1) is 0 Å². The SMILES string of the molecule is CC12c3ccccc3-c3cccc(c31)N(c1ccc3c4cc5ccc6c(c5cc4n(-c4ccccc4)c3c1)C1(C)c3ccccc3-c3cccc(c31)N6c1ccccc1)c1ccccc12. The molecule has 0 saturated carbocycles. The van der Waals surface area contributed by atoms with Crippen LogP contribution in [0.5, 0.6) is 0 Å². The number of rotatable bonds is 3. The molecule has 0 amide bonds. The molecule has 0 spiro atoms. The minimum atomic E-state index is -0.376. The zero-order valence-electron chi connectivity index (χ0n) is 36.0. The maximum absolute atomic E-state index is 2.52. The largest absolute Gasteiger partial charge is 0.310 e. The molecule has 11 aromatic rings. The third-order valence-electron chi connectivity index (χ3n) is 15.7. The topological polar surface area (TPSA) is 11.4 Å². The van der Waals surface area contributed by atoms with Crippen LogP contribution in [0.15, 0.2) is 212 Å². The van der Waals surface area contributed by atoms with Crippen molar-refractivity contribution >= 4 is 66.7 Å². The second-order valence-corrected chi connectivity index (χ2v) is 18.7. The van der Waals surface area contributed by atoms with E-state index in [1.165, 1.54) is 117 Å². The summed E-state index contributed by atoms with van der Waals surface area (Å²) >= 11 is 0. The van der Waals surface area contributed by atoms with Crippen molar-refractivity contribution in [1.29, 1.82) is 0 Å². The summed E-state index contributed by atoms with van der Waals surface area (Å²) in [6.07, 6.45) is 0. The fourth-order valence-electron chi connectivity index (χ4n) is 13.1. The van der Waals surface area contributed by atoms with Crippen LogP contribution in [-0.2, 0) is 10.8 Å². The van der Waals surface area contributed by atoms with Crippen molar-refractivity contribution in [2.45, 2.75) is 24.7 Å². The lowest BCUT2D eigenvalue weighted by Gasteiger charge is -2.43. The first-order chi connectivity index (χ1) is 32.0. The first-order valence-electron chi connectivity index (χ1n) is 22.9. The van der Waals surface area contributed by atoms with E-state index >= 15 is 0 Å². The molecule has 0 saturated heterocycles. The standard InChI is InChI=1S/C62H41N3/c1-61-49-25-11-9-21-42(49)45-23-15-29-53(58(45)61)65(52-28-14-13-27-51(52)61)41-32-33-44-48-35-38-31-34-55-60(47(38)37-57(48)64(56(44)36-41)40-19-7-4-8-20-40)62(2)50-26-12-10-22-43(50)46-24-16-30-54(59(46)62)63(55)39-17-5-3-6-18-39/h3-37H,1-2H3. The van der Waals surface area contributed by atoms with Gasteiger partial charge in [0.2, 0.25) is 0 Å². The average molecular weight is 828 g/mol. The van der Waals surface area contributed by atoms with Crippen molar-refractivity contribution in [3.63, 3.8) is 0 Å². The van der Waals surface area contributed by atoms with Crippen molar-refractivity contribution in [2.75, 3.05) is 9.80 Å². The third-order valence-corrected chi connectivity index (χ3v) is 15.7. The van der Waals surface area contributed by atoms with Crippen LogP contribution < -0.4 is 9.80 Å². The summed E-state index contributed by atoms with van der Waals surface area (Å²) in [5, 5.41) is 5.01. The Hall–Kier alpha value is -8.14. The molecule has 0 fully saturated rings. The van der Waals surface area contributed by atoms with Crippen LogP contribution in [0.4, 0.5) is 34.1 Å². The molecule has 2 unspecified atom stereocenters. The van der Waals surface area contributed by atoms with Gasteiger partial charge >= 0.3 is 0 Å². The Bertz CT molecular complexity index is 3880. The van der Waals surface area contributed by atoms with Gasteiger partial charge in [0.25, 0.3) is 0 Å². The third kappa shape index (κ3) is 4.27. The van der Waals surface area contributed by atoms with E-state index in [0.717, 1.165) is 11.4 Å². The molecule has 15 rings (SSSR count). The molecule has 3 heterocycles. The van der Waals surface area contributed by atoms with Gasteiger partial charge in [0.05, 0.1) is 33.8 Å². The molecule has 2 aliphatic heterocycles. The summed E-state index contributed by atoms with van der Waals surface area (Å²) in [7, 11) is 0. The number of hydrogen-bond donors (Lipinski definition) is 0. The predicted octanol–water partition coefficient (Wildman–Crippen LogP) is 16.2. The highest BCUT2D eigenvalue weighted by Gasteiger charge is 2.50. The first-order valence-corrected chi connectivity index (χ1v) is 22.9. The van der Waals surface area contributed by atoms with Gasteiger partial charge in [0.15, 0.2) is 0 Å². The van der Waals surface area contributed by atoms with Gasteiger partial charge in [-0.3, -0.25) is 0 Å². The molecule has 3 heteroatoms. The van der Waals surface area contributed by atoms with Gasteiger partial charge in [-0.2, -0.15) is 0 Å². The van der Waals surface area contributed by atoms with Crippen LogP contribution in [0, 0.1) is 0 Å². The molecule has 4 aliphatic rings. The van der Waals surface area contributed by atoms with Gasteiger partial charge < -0.3 is 14.4 Å². The normalized spacial score (nSPS) is 18.1. The fourth-order valence-corrected chi connectivity index (χ4v) is 13.1. The Kier molecular flexibility index (Phi) is 6.69. The van der Waals surface area contributed by atoms with E-state index in [0.29, 0.717) is 0 Å². The highest BCUT2D eigenvalue weighted by molar-refractivity contribution is 6.16. The van der Waals surface area contributed by atoms with Crippen LogP contribution in [0.1, 0.15) is 47.2 Å². The van der Waals surface area contributed by atoms with E-state index in [1.54, 1.807) is 0 Å². The lowest BCUT2D eigenvalue weighted by Crippen LogP contribution is -2.32. The predicted molar refractivity (Wildman–Crippen MR) is 270 cm³/mol. The number of benzene rings is 10. The number of anilines is 6. The summed E-state index contributed by atoms with van der Waals surface area (Å²) < 4.78 is 2.51. The maximum Gasteiger partial charge on any atom is 0.0561 e. The molecule has 10 aromatic carbocycles. The van der Waals surface area contributed by atoms with Crippen molar-refractivity contribution in [1.82, 2.24) is 4.57 Å². The molecular weight excluding hydrogens is 787 g/mol. The Labute approximate surface area is 377 Å². The molecular formula is C62H41N3. The lowest BCUT2D eigenvalue weighted by molar-refractivity contribution is 0.702. The average Bonchev–Trinajstić information content (AvgIpc) is 3.93.